The lowest BCUT2D eigenvalue weighted by Gasteiger charge is -2.35. The average Bonchev–Trinajstić information content (AvgIpc) is 2.96. The number of piperazine rings is 1. The van der Waals surface area contributed by atoms with E-state index in [0.29, 0.717) is 27.3 Å². The number of halogens is 3. The first-order valence-electron chi connectivity index (χ1n) is 10.1. The van der Waals surface area contributed by atoms with Crippen LogP contribution in [-0.2, 0) is 9.59 Å². The van der Waals surface area contributed by atoms with E-state index < -0.39 is 0 Å². The molecule has 2 saturated heterocycles. The van der Waals surface area contributed by atoms with Gasteiger partial charge in [-0.25, -0.2) is 0 Å². The van der Waals surface area contributed by atoms with Crippen molar-refractivity contribution < 1.29 is 9.59 Å². The molecule has 160 valence electrons. The molecule has 1 N–H and O–H groups in total. The zero-order valence-electron chi connectivity index (χ0n) is 16.4. The van der Waals surface area contributed by atoms with Crippen LogP contribution in [0.25, 0.3) is 0 Å². The lowest BCUT2D eigenvalue weighted by atomic mass is 10.2. The molecule has 0 saturated carbocycles. The van der Waals surface area contributed by atoms with Crippen molar-refractivity contribution in [3.8, 4) is 0 Å². The maximum Gasteiger partial charge on any atom is 0.238 e. The molecule has 0 bridgehead atoms. The van der Waals surface area contributed by atoms with Gasteiger partial charge >= 0.3 is 0 Å². The molecule has 2 amide bonds. The number of nitrogens with one attached hydrogen (secondary N) is 1. The number of amides is 2. The summed E-state index contributed by atoms with van der Waals surface area (Å²) in [6.45, 7) is 5.51. The predicted octanol–water partition coefficient (Wildman–Crippen LogP) is 3.61. The van der Waals surface area contributed by atoms with Gasteiger partial charge in [-0.3, -0.25) is 19.4 Å². The summed E-state index contributed by atoms with van der Waals surface area (Å²) >= 11 is 18.1. The molecule has 2 fully saturated rings. The molecule has 9 heteroatoms. The van der Waals surface area contributed by atoms with Crippen molar-refractivity contribution in [2.45, 2.75) is 25.7 Å². The van der Waals surface area contributed by atoms with Crippen LogP contribution < -0.4 is 5.32 Å². The van der Waals surface area contributed by atoms with Crippen LogP contribution >= 0.6 is 34.8 Å². The van der Waals surface area contributed by atoms with Gasteiger partial charge in [-0.15, -0.1) is 0 Å². The summed E-state index contributed by atoms with van der Waals surface area (Å²) < 4.78 is 0. The van der Waals surface area contributed by atoms with Gasteiger partial charge in [0.15, 0.2) is 0 Å². The Morgan fingerprint density at radius 2 is 1.31 bits per heavy atom. The maximum absolute atomic E-state index is 12.5. The Morgan fingerprint density at radius 3 is 1.86 bits per heavy atom. The van der Waals surface area contributed by atoms with E-state index >= 15 is 0 Å². The SMILES string of the molecule is O=C(CN1CCN(CC(=O)N2CCCCCC2)CC1)Nc1c(Cl)cc(Cl)cc1Cl. The van der Waals surface area contributed by atoms with Crippen molar-refractivity contribution >= 4 is 52.3 Å². The van der Waals surface area contributed by atoms with Crippen molar-refractivity contribution in [3.05, 3.63) is 27.2 Å². The van der Waals surface area contributed by atoms with Gasteiger partial charge in [0.25, 0.3) is 0 Å². The number of carbonyl (C=O) groups is 2. The fourth-order valence-corrected chi connectivity index (χ4v) is 4.67. The Kier molecular flexibility index (Phi) is 8.45. The van der Waals surface area contributed by atoms with Gasteiger partial charge in [0.2, 0.25) is 11.8 Å². The van der Waals surface area contributed by atoms with Crippen LogP contribution in [0.1, 0.15) is 25.7 Å². The summed E-state index contributed by atoms with van der Waals surface area (Å²) in [5, 5.41) is 3.81. The van der Waals surface area contributed by atoms with Crippen LogP contribution in [-0.4, -0.2) is 78.9 Å². The van der Waals surface area contributed by atoms with Gasteiger partial charge in [-0.2, -0.15) is 0 Å². The van der Waals surface area contributed by atoms with Crippen molar-refractivity contribution in [2.75, 3.05) is 57.7 Å². The van der Waals surface area contributed by atoms with Gasteiger partial charge in [0.05, 0.1) is 28.8 Å². The number of carbonyl (C=O) groups excluding carboxylic acids is 2. The number of hydrogen-bond acceptors (Lipinski definition) is 4. The molecule has 29 heavy (non-hydrogen) atoms. The standard InChI is InChI=1S/C20H27Cl3N4O2/c21-15-11-16(22)20(17(23)12-15)24-18(28)13-25-7-9-26(10-8-25)14-19(29)27-5-3-1-2-4-6-27/h11-12H,1-10,13-14H2,(H,24,28). The highest BCUT2D eigenvalue weighted by molar-refractivity contribution is 6.42. The Balaban J connectivity index is 1.42. The smallest absolute Gasteiger partial charge is 0.238 e. The van der Waals surface area contributed by atoms with Gasteiger partial charge < -0.3 is 10.2 Å². The van der Waals surface area contributed by atoms with Crippen LogP contribution in [0.5, 0.6) is 0 Å². The fourth-order valence-electron chi connectivity index (χ4n) is 3.76. The van der Waals surface area contributed by atoms with Gasteiger partial charge in [0.1, 0.15) is 0 Å². The number of nitrogens with zero attached hydrogens (tertiary/aromatic N) is 3. The first kappa shape index (κ1) is 22.6. The Labute approximate surface area is 187 Å². The van der Waals surface area contributed by atoms with E-state index in [1.807, 2.05) is 4.90 Å². The van der Waals surface area contributed by atoms with E-state index in [1.54, 1.807) is 12.1 Å². The molecule has 1 aromatic carbocycles. The lowest BCUT2D eigenvalue weighted by Crippen LogP contribution is -2.51. The lowest BCUT2D eigenvalue weighted by molar-refractivity contribution is -0.133. The van der Waals surface area contributed by atoms with E-state index in [0.717, 1.165) is 52.1 Å². The Hall–Kier alpha value is -1.05. The maximum atomic E-state index is 12.5. The Bertz CT molecular complexity index is 707. The van der Waals surface area contributed by atoms with E-state index in [1.165, 1.54) is 12.8 Å². The van der Waals surface area contributed by atoms with Crippen molar-refractivity contribution in [1.29, 1.82) is 0 Å². The van der Waals surface area contributed by atoms with Crippen molar-refractivity contribution in [2.24, 2.45) is 0 Å². The monoisotopic (exact) mass is 460 g/mol. The second-order valence-electron chi connectivity index (χ2n) is 7.64. The molecule has 2 heterocycles. The first-order valence-corrected chi connectivity index (χ1v) is 11.2. The summed E-state index contributed by atoms with van der Waals surface area (Å²) in [4.78, 5) is 31.2. The highest BCUT2D eigenvalue weighted by Gasteiger charge is 2.23. The third-order valence-corrected chi connectivity index (χ3v) is 6.24. The predicted molar refractivity (Wildman–Crippen MR) is 118 cm³/mol. The van der Waals surface area contributed by atoms with Crippen LogP contribution in [0.15, 0.2) is 12.1 Å². The molecule has 3 rings (SSSR count). The number of hydrogen-bond donors (Lipinski definition) is 1. The normalized spacial score (nSPS) is 19.1. The van der Waals surface area contributed by atoms with Crippen molar-refractivity contribution in [3.63, 3.8) is 0 Å². The molecule has 0 aromatic heterocycles. The van der Waals surface area contributed by atoms with Gasteiger partial charge in [-0.05, 0) is 25.0 Å². The van der Waals surface area contributed by atoms with Crippen LogP contribution in [0.4, 0.5) is 5.69 Å². The molecule has 0 unspecified atom stereocenters. The first-order chi connectivity index (χ1) is 13.9. The van der Waals surface area contributed by atoms with Crippen LogP contribution in [0, 0.1) is 0 Å². The van der Waals surface area contributed by atoms with Crippen molar-refractivity contribution in [1.82, 2.24) is 14.7 Å². The van der Waals surface area contributed by atoms with E-state index in [4.69, 9.17) is 34.8 Å². The second-order valence-corrected chi connectivity index (χ2v) is 8.89. The average molecular weight is 462 g/mol. The van der Waals surface area contributed by atoms with E-state index in [-0.39, 0.29) is 18.4 Å². The number of benzene rings is 1. The van der Waals surface area contributed by atoms with Gasteiger partial charge in [-0.1, -0.05) is 47.6 Å². The minimum atomic E-state index is -0.176. The number of anilines is 1. The summed E-state index contributed by atoms with van der Waals surface area (Å²) in [5.74, 6) is 0.0512. The van der Waals surface area contributed by atoms with Gasteiger partial charge in [0, 0.05) is 44.3 Å². The number of rotatable bonds is 5. The molecule has 0 radical (unpaired) electrons. The minimum Gasteiger partial charge on any atom is -0.342 e. The Morgan fingerprint density at radius 1 is 0.793 bits per heavy atom. The topological polar surface area (TPSA) is 55.9 Å². The minimum absolute atomic E-state index is 0.176. The molecule has 6 nitrogen and oxygen atoms in total. The third kappa shape index (κ3) is 6.72. The van der Waals surface area contributed by atoms with E-state index in [2.05, 4.69) is 15.1 Å². The molecule has 2 aliphatic rings. The second kappa shape index (κ2) is 10.8. The summed E-state index contributed by atoms with van der Waals surface area (Å²) in [6, 6.07) is 3.09. The molecular weight excluding hydrogens is 435 g/mol. The number of likely N-dealkylation sites (tertiary alicyclic amines) is 1. The summed E-state index contributed by atoms with van der Waals surface area (Å²) in [5.41, 5.74) is 0.379. The molecule has 0 atom stereocenters. The largest absolute Gasteiger partial charge is 0.342 e. The van der Waals surface area contributed by atoms with Crippen LogP contribution in [0.3, 0.4) is 0 Å². The highest BCUT2D eigenvalue weighted by Crippen LogP contribution is 2.33. The quantitative estimate of drug-likeness (QED) is 0.728. The molecule has 0 aliphatic carbocycles. The van der Waals surface area contributed by atoms with Crippen LogP contribution in [0.2, 0.25) is 15.1 Å². The summed E-state index contributed by atoms with van der Waals surface area (Å²) in [6.07, 6.45) is 4.65. The van der Waals surface area contributed by atoms with E-state index in [9.17, 15) is 9.59 Å². The zero-order valence-corrected chi connectivity index (χ0v) is 18.7. The zero-order chi connectivity index (χ0) is 20.8. The summed E-state index contributed by atoms with van der Waals surface area (Å²) in [7, 11) is 0. The molecular formula is C20H27Cl3N4O2. The molecule has 1 aromatic rings. The molecule has 0 spiro atoms. The highest BCUT2D eigenvalue weighted by atomic mass is 35.5. The third-order valence-electron chi connectivity index (χ3n) is 5.42. The molecule has 2 aliphatic heterocycles. The fraction of sp³-hybridized carbons (Fsp3) is 0.600.